The van der Waals surface area contributed by atoms with Gasteiger partial charge in [0.05, 0.1) is 60.5 Å². The Balaban J connectivity index is 0. The Morgan fingerprint density at radius 3 is 0.723 bits per heavy atom. The fourth-order valence-electron chi connectivity index (χ4n) is 7.14. The molecule has 2 aliphatic heterocycles. The molecule has 33 heteroatoms. The van der Waals surface area contributed by atoms with Crippen LogP contribution in [0.25, 0.3) is 0 Å². The summed E-state index contributed by atoms with van der Waals surface area (Å²) in [6.07, 6.45) is 8.98. The molecule has 536 valence electrons. The summed E-state index contributed by atoms with van der Waals surface area (Å²) >= 11 is 0. The highest BCUT2D eigenvalue weighted by Crippen LogP contribution is 2.10. The average Bonchev–Trinajstić information content (AvgIpc) is 0.962. The van der Waals surface area contributed by atoms with Gasteiger partial charge in [-0.2, -0.15) is 0 Å². The molecule has 0 atom stereocenters. The van der Waals surface area contributed by atoms with Crippen LogP contribution >= 0.6 is 0 Å². The number of piperazine rings is 2. The van der Waals surface area contributed by atoms with E-state index in [2.05, 4.69) is 33.9 Å². The molecule has 0 aromatic heterocycles. The summed E-state index contributed by atoms with van der Waals surface area (Å²) in [7, 11) is 2.70. The van der Waals surface area contributed by atoms with Crippen molar-refractivity contribution in [3.05, 3.63) is 38.0 Å². The number of hydrogen-bond acceptors (Lipinski definition) is 29. The first-order valence-corrected chi connectivity index (χ1v) is 30.9. The molecule has 0 bridgehead atoms. The van der Waals surface area contributed by atoms with Crippen LogP contribution in [-0.4, -0.2) is 272 Å². The lowest BCUT2D eigenvalue weighted by atomic mass is 10.2. The SMILES string of the molecule is C=CC(=O)OCCCCO.C=CC(=O)OCCCCOC(=O)CCCCC(=O)OCCOC(=O)N1CCN(C(=O)OCCOC(=O)CCCCC(=O)OCCCCOC(=O)C=C)CC1.COC(=O)CCCCC(=O)OC.O=C(OCCO)N1CCN(C(=O)OCCO)CC1. The van der Waals surface area contributed by atoms with Gasteiger partial charge in [0, 0.05) is 116 Å². The molecule has 0 radical (unpaired) electrons. The molecule has 0 unspecified atom stereocenters. The molecule has 3 N–H and O–H groups in total. The highest BCUT2D eigenvalue weighted by molar-refractivity contribution is 5.82. The van der Waals surface area contributed by atoms with E-state index in [1.807, 2.05) is 0 Å². The second-order valence-electron chi connectivity index (χ2n) is 19.5. The van der Waals surface area contributed by atoms with Gasteiger partial charge in [-0.05, 0) is 77.0 Å². The number of carbonyl (C=O) groups excluding carboxylic acids is 13. The summed E-state index contributed by atoms with van der Waals surface area (Å²) in [5, 5.41) is 25.4. The van der Waals surface area contributed by atoms with Crippen LogP contribution in [0.1, 0.15) is 116 Å². The van der Waals surface area contributed by atoms with Crippen molar-refractivity contribution in [3.63, 3.8) is 0 Å². The van der Waals surface area contributed by atoms with Crippen LogP contribution in [0.2, 0.25) is 0 Å². The van der Waals surface area contributed by atoms with Gasteiger partial charge in [0.15, 0.2) is 0 Å². The first-order chi connectivity index (χ1) is 45.2. The highest BCUT2D eigenvalue weighted by Gasteiger charge is 2.27. The van der Waals surface area contributed by atoms with E-state index in [0.29, 0.717) is 123 Å². The minimum atomic E-state index is -0.611. The normalized spacial score (nSPS) is 12.0. The van der Waals surface area contributed by atoms with Gasteiger partial charge in [-0.1, -0.05) is 19.7 Å². The number of esters is 9. The third-order valence-electron chi connectivity index (χ3n) is 12.2. The van der Waals surface area contributed by atoms with Crippen LogP contribution in [-0.2, 0) is 105 Å². The Hall–Kier alpha value is -8.59. The lowest BCUT2D eigenvalue weighted by Gasteiger charge is -2.33. The second kappa shape index (κ2) is 60.6. The summed E-state index contributed by atoms with van der Waals surface area (Å²) < 4.78 is 63.2. The first-order valence-electron chi connectivity index (χ1n) is 30.9. The van der Waals surface area contributed by atoms with Crippen LogP contribution < -0.4 is 0 Å². The number of unbranched alkanes of at least 4 members (excludes halogenated alkanes) is 6. The van der Waals surface area contributed by atoms with Gasteiger partial charge in [0.25, 0.3) is 0 Å². The molecule has 0 saturated carbocycles. The number of nitrogens with zero attached hydrogens (tertiary/aromatic N) is 4. The molecule has 0 aromatic carbocycles. The zero-order valence-electron chi connectivity index (χ0n) is 54.4. The van der Waals surface area contributed by atoms with Crippen molar-refractivity contribution < 1.29 is 139 Å². The lowest BCUT2D eigenvalue weighted by Crippen LogP contribution is -2.51. The summed E-state index contributed by atoms with van der Waals surface area (Å²) in [5.41, 5.74) is 0. The van der Waals surface area contributed by atoms with Crippen LogP contribution in [0.5, 0.6) is 0 Å². The zero-order valence-corrected chi connectivity index (χ0v) is 54.4. The smallest absolute Gasteiger partial charge is 0.410 e. The van der Waals surface area contributed by atoms with Crippen molar-refractivity contribution in [3.8, 4) is 0 Å². The number of methoxy groups -OCH3 is 2. The Morgan fingerprint density at radius 1 is 0.277 bits per heavy atom. The van der Waals surface area contributed by atoms with Crippen LogP contribution in [0.4, 0.5) is 19.2 Å². The van der Waals surface area contributed by atoms with Gasteiger partial charge in [-0.25, -0.2) is 33.6 Å². The number of ether oxygens (including phenoxy) is 13. The van der Waals surface area contributed by atoms with Gasteiger partial charge < -0.3 is 96.5 Å². The van der Waals surface area contributed by atoms with Crippen molar-refractivity contribution in [2.24, 2.45) is 0 Å². The van der Waals surface area contributed by atoms with Gasteiger partial charge in [0.2, 0.25) is 0 Å². The summed E-state index contributed by atoms with van der Waals surface area (Å²) in [5.74, 6) is -3.61. The second-order valence-corrected chi connectivity index (χ2v) is 19.5. The predicted molar refractivity (Wildman–Crippen MR) is 327 cm³/mol. The molecular formula is C61H98N4O29. The van der Waals surface area contributed by atoms with Crippen molar-refractivity contribution >= 4 is 78.1 Å². The Labute approximate surface area is 548 Å². The first kappa shape index (κ1) is 87.5. The number of aliphatic hydroxyl groups is 3. The number of carbonyl (C=O) groups is 13. The number of rotatable bonds is 42. The Kier molecular flexibility index (Phi) is 56.4. The average molecular weight is 1350 g/mol. The molecule has 33 nitrogen and oxygen atoms in total. The van der Waals surface area contributed by atoms with Crippen LogP contribution in [0, 0.1) is 0 Å². The highest BCUT2D eigenvalue weighted by atomic mass is 16.6. The quantitative estimate of drug-likeness (QED) is 0.0341. The van der Waals surface area contributed by atoms with Crippen molar-refractivity contribution in [1.29, 1.82) is 0 Å². The molecule has 2 fully saturated rings. The molecule has 0 spiro atoms. The maximum absolute atomic E-state index is 12.3. The number of hydrogen-bond donors (Lipinski definition) is 3. The summed E-state index contributed by atoms with van der Waals surface area (Å²) in [6.45, 7) is 12.5. The standard InChI is InChI=1S/C36H54N2O16.C10H18N2O6.C8H14O4.C7H12O3/c1-3-29(39)47-21-9-11-23-49-31(41)13-5-7-15-33(43)51-25-27-53-35(45)37-17-19-38(20-18-37)36(46)54-28-26-52-34(44)16-8-6-14-32(42)50-24-12-10-22-48-30(40)4-2;13-5-7-17-9(15)11-1-2-12(4-3-11)10(16)18-8-6-14;1-11-7(9)5-3-4-6-8(10)12-2;1-2-7(9)10-6-4-3-5-8/h3-4H,1-2,5-28H2;13-14H,1-8H2;3-6H2,1-2H3;2,8H,1,3-6H2. The van der Waals surface area contributed by atoms with E-state index in [-0.39, 0.29) is 162 Å². The topological polar surface area (TPSA) is 416 Å². The van der Waals surface area contributed by atoms with Gasteiger partial charge in [-0.3, -0.25) is 28.8 Å². The molecule has 2 heterocycles. The summed E-state index contributed by atoms with van der Waals surface area (Å²) in [4.78, 5) is 154. The number of amides is 4. The monoisotopic (exact) mass is 1350 g/mol. The Morgan fingerprint density at radius 2 is 0.489 bits per heavy atom. The van der Waals surface area contributed by atoms with Crippen molar-refractivity contribution in [2.45, 2.75) is 116 Å². The lowest BCUT2D eigenvalue weighted by molar-refractivity contribution is -0.146. The molecule has 2 saturated heterocycles. The molecule has 2 rings (SSSR count). The molecule has 0 aliphatic carbocycles. The minimum Gasteiger partial charge on any atom is -0.469 e. The number of aliphatic hydroxyl groups excluding tert-OH is 3. The van der Waals surface area contributed by atoms with Crippen LogP contribution in [0.15, 0.2) is 38.0 Å². The third kappa shape index (κ3) is 52.0. The van der Waals surface area contributed by atoms with E-state index >= 15 is 0 Å². The summed E-state index contributed by atoms with van der Waals surface area (Å²) in [6, 6.07) is 0. The maximum atomic E-state index is 12.3. The van der Waals surface area contributed by atoms with E-state index in [9.17, 15) is 62.3 Å². The maximum Gasteiger partial charge on any atom is 0.410 e. The fraction of sp³-hybridized carbons (Fsp3) is 0.689. The molecule has 4 amide bonds. The Bertz CT molecular complexity index is 2100. The predicted octanol–water partition coefficient (Wildman–Crippen LogP) is 3.43. The van der Waals surface area contributed by atoms with E-state index in [1.165, 1.54) is 33.8 Å². The van der Waals surface area contributed by atoms with E-state index in [1.54, 1.807) is 0 Å². The fourth-order valence-corrected chi connectivity index (χ4v) is 7.14. The molecule has 0 aromatic rings. The van der Waals surface area contributed by atoms with Crippen molar-refractivity contribution in [1.82, 2.24) is 19.6 Å². The van der Waals surface area contributed by atoms with Crippen molar-refractivity contribution in [2.75, 3.05) is 159 Å². The van der Waals surface area contributed by atoms with E-state index in [4.69, 9.17) is 62.7 Å². The van der Waals surface area contributed by atoms with Crippen LogP contribution in [0.3, 0.4) is 0 Å². The molecule has 94 heavy (non-hydrogen) atoms. The van der Waals surface area contributed by atoms with E-state index in [0.717, 1.165) is 18.2 Å². The van der Waals surface area contributed by atoms with Gasteiger partial charge in [-0.15, -0.1) is 0 Å². The zero-order chi connectivity index (χ0) is 70.4. The van der Waals surface area contributed by atoms with Gasteiger partial charge in [0.1, 0.15) is 39.6 Å². The van der Waals surface area contributed by atoms with Gasteiger partial charge >= 0.3 is 78.1 Å². The molecule has 2 aliphatic rings. The largest absolute Gasteiger partial charge is 0.469 e. The third-order valence-corrected chi connectivity index (χ3v) is 12.2. The molecular weight excluding hydrogens is 1250 g/mol. The minimum absolute atomic E-state index is 0.0302. The van der Waals surface area contributed by atoms with E-state index < -0.39 is 54.2 Å².